The molecule has 1 aromatic heterocycles. The fourth-order valence-electron chi connectivity index (χ4n) is 6.25. The molecular formula is C25H35N3O. The lowest BCUT2D eigenvalue weighted by molar-refractivity contribution is -0.142. The van der Waals surface area contributed by atoms with Gasteiger partial charge in [0.05, 0.1) is 0 Å². The standard InChI is InChI=1S/C25H35N3O/c1-26-16-21(22-9-5-6-10-24(22)26)18-27-14-13-23-20(17-27)11-12-25(29)28(23)15-19-7-3-2-4-8-19/h5-6,9-10,16,19-20,23H,2-4,7-8,11-15,17-18H2,1H3/t20-,23+/m1/s1. The van der Waals surface area contributed by atoms with Crippen molar-refractivity contribution >= 4 is 16.8 Å². The zero-order chi connectivity index (χ0) is 19.8. The topological polar surface area (TPSA) is 28.5 Å². The highest BCUT2D eigenvalue weighted by Gasteiger charge is 2.40. The second-order valence-electron chi connectivity index (χ2n) is 9.72. The predicted molar refractivity (Wildman–Crippen MR) is 118 cm³/mol. The first-order valence-corrected chi connectivity index (χ1v) is 11.7. The van der Waals surface area contributed by atoms with Gasteiger partial charge in [0.2, 0.25) is 5.91 Å². The van der Waals surface area contributed by atoms with Crippen molar-refractivity contribution in [2.24, 2.45) is 18.9 Å². The third-order valence-electron chi connectivity index (χ3n) is 7.78. The predicted octanol–water partition coefficient (Wildman–Crippen LogP) is 4.57. The Morgan fingerprint density at radius 3 is 2.72 bits per heavy atom. The number of benzene rings is 1. The van der Waals surface area contributed by atoms with Crippen molar-refractivity contribution in [1.29, 1.82) is 0 Å². The third-order valence-corrected chi connectivity index (χ3v) is 7.78. The zero-order valence-electron chi connectivity index (χ0n) is 17.9. The molecule has 2 aromatic rings. The van der Waals surface area contributed by atoms with E-state index in [4.69, 9.17) is 0 Å². The van der Waals surface area contributed by atoms with Gasteiger partial charge in [0.15, 0.2) is 0 Å². The molecule has 3 heterocycles. The van der Waals surface area contributed by atoms with Crippen LogP contribution in [0, 0.1) is 11.8 Å². The number of piperidine rings is 2. The van der Waals surface area contributed by atoms with Crippen LogP contribution in [-0.2, 0) is 18.4 Å². The number of carbonyl (C=O) groups excluding carboxylic acids is 1. The number of aryl methyl sites for hydroxylation is 1. The summed E-state index contributed by atoms with van der Waals surface area (Å²) in [6.45, 7) is 4.31. The van der Waals surface area contributed by atoms with E-state index in [2.05, 4.69) is 51.9 Å². The molecule has 0 unspecified atom stereocenters. The number of aromatic nitrogens is 1. The number of nitrogens with zero attached hydrogens (tertiary/aromatic N) is 3. The second kappa shape index (κ2) is 8.14. The van der Waals surface area contributed by atoms with Crippen molar-refractivity contribution in [3.8, 4) is 0 Å². The molecular weight excluding hydrogens is 358 g/mol. The molecule has 5 rings (SSSR count). The minimum absolute atomic E-state index is 0.430. The van der Waals surface area contributed by atoms with Crippen molar-refractivity contribution in [1.82, 2.24) is 14.4 Å². The molecule has 29 heavy (non-hydrogen) atoms. The smallest absolute Gasteiger partial charge is 0.222 e. The first kappa shape index (κ1) is 19.2. The summed E-state index contributed by atoms with van der Waals surface area (Å²) in [4.78, 5) is 17.7. The maximum atomic E-state index is 12.8. The van der Waals surface area contributed by atoms with E-state index >= 15 is 0 Å². The average Bonchev–Trinajstić information content (AvgIpc) is 3.06. The summed E-state index contributed by atoms with van der Waals surface area (Å²) < 4.78 is 2.25. The van der Waals surface area contributed by atoms with Crippen LogP contribution in [0.25, 0.3) is 10.9 Å². The van der Waals surface area contributed by atoms with E-state index in [1.807, 2.05) is 0 Å². The molecule has 2 aliphatic heterocycles. The van der Waals surface area contributed by atoms with E-state index in [1.165, 1.54) is 48.6 Å². The largest absolute Gasteiger partial charge is 0.350 e. The van der Waals surface area contributed by atoms with Gasteiger partial charge in [-0.05, 0) is 49.1 Å². The van der Waals surface area contributed by atoms with Crippen molar-refractivity contribution in [2.45, 2.75) is 64.0 Å². The van der Waals surface area contributed by atoms with Gasteiger partial charge in [0.25, 0.3) is 0 Å². The van der Waals surface area contributed by atoms with Gasteiger partial charge >= 0.3 is 0 Å². The van der Waals surface area contributed by atoms with Crippen molar-refractivity contribution in [2.75, 3.05) is 19.6 Å². The molecule has 4 nitrogen and oxygen atoms in total. The van der Waals surface area contributed by atoms with E-state index in [9.17, 15) is 4.79 Å². The van der Waals surface area contributed by atoms with Crippen molar-refractivity contribution in [3.63, 3.8) is 0 Å². The van der Waals surface area contributed by atoms with Crippen LogP contribution in [0.2, 0.25) is 0 Å². The van der Waals surface area contributed by atoms with Gasteiger partial charge < -0.3 is 9.47 Å². The maximum Gasteiger partial charge on any atom is 0.222 e. The third kappa shape index (κ3) is 3.84. The van der Waals surface area contributed by atoms with E-state index in [0.29, 0.717) is 17.9 Å². The molecule has 1 aromatic carbocycles. The normalized spacial score (nSPS) is 26.8. The van der Waals surface area contributed by atoms with Crippen LogP contribution in [0.3, 0.4) is 0 Å². The average molecular weight is 394 g/mol. The van der Waals surface area contributed by atoms with Crippen LogP contribution in [0.1, 0.15) is 56.9 Å². The molecule has 0 bridgehead atoms. The first-order chi connectivity index (χ1) is 14.2. The van der Waals surface area contributed by atoms with Gasteiger partial charge in [-0.3, -0.25) is 9.69 Å². The number of likely N-dealkylation sites (tertiary alicyclic amines) is 2. The molecule has 3 aliphatic rings. The maximum absolute atomic E-state index is 12.8. The van der Waals surface area contributed by atoms with Crippen LogP contribution < -0.4 is 0 Å². The SMILES string of the molecule is Cn1cc(CN2CC[C@H]3[C@H](CCC(=O)N3CC3CCCCC3)C2)c2ccccc21. The number of para-hydroxylation sites is 1. The van der Waals surface area contributed by atoms with Crippen LogP contribution >= 0.6 is 0 Å². The molecule has 156 valence electrons. The summed E-state index contributed by atoms with van der Waals surface area (Å²) in [6.07, 6.45) is 12.1. The molecule has 2 atom stereocenters. The quantitative estimate of drug-likeness (QED) is 0.761. The zero-order valence-corrected chi connectivity index (χ0v) is 17.9. The van der Waals surface area contributed by atoms with Crippen LogP contribution in [-0.4, -0.2) is 46.0 Å². The minimum atomic E-state index is 0.430. The summed E-state index contributed by atoms with van der Waals surface area (Å²) >= 11 is 0. The lowest BCUT2D eigenvalue weighted by Gasteiger charge is -2.48. The first-order valence-electron chi connectivity index (χ1n) is 11.7. The number of carbonyl (C=O) groups is 1. The summed E-state index contributed by atoms with van der Waals surface area (Å²) in [7, 11) is 2.15. The Bertz CT molecular complexity index is 866. The van der Waals surface area contributed by atoms with Crippen LogP contribution in [0.4, 0.5) is 0 Å². The number of hydrogen-bond donors (Lipinski definition) is 0. The Hall–Kier alpha value is -1.81. The lowest BCUT2D eigenvalue weighted by Crippen LogP contribution is -2.56. The molecule has 4 heteroatoms. The Labute approximate surface area is 174 Å². The minimum Gasteiger partial charge on any atom is -0.350 e. The summed E-state index contributed by atoms with van der Waals surface area (Å²) in [5, 5.41) is 1.38. The Morgan fingerprint density at radius 2 is 1.86 bits per heavy atom. The van der Waals surface area contributed by atoms with E-state index in [1.54, 1.807) is 0 Å². The number of fused-ring (bicyclic) bond motifs is 2. The Morgan fingerprint density at radius 1 is 1.03 bits per heavy atom. The second-order valence-corrected chi connectivity index (χ2v) is 9.72. The molecule has 0 radical (unpaired) electrons. The van der Waals surface area contributed by atoms with Gasteiger partial charge in [0.1, 0.15) is 0 Å². The highest BCUT2D eigenvalue weighted by atomic mass is 16.2. The van der Waals surface area contributed by atoms with Gasteiger partial charge in [-0.15, -0.1) is 0 Å². The molecule has 1 amide bonds. The van der Waals surface area contributed by atoms with Crippen molar-refractivity contribution in [3.05, 3.63) is 36.0 Å². The van der Waals surface area contributed by atoms with E-state index in [-0.39, 0.29) is 0 Å². The van der Waals surface area contributed by atoms with Gasteiger partial charge in [-0.1, -0.05) is 37.5 Å². The Balaban J connectivity index is 1.26. The summed E-state index contributed by atoms with van der Waals surface area (Å²) in [5.74, 6) is 1.83. The molecule has 1 aliphatic carbocycles. The fraction of sp³-hybridized carbons (Fsp3) is 0.640. The molecule has 1 saturated carbocycles. The van der Waals surface area contributed by atoms with Gasteiger partial charge in [-0.25, -0.2) is 0 Å². The molecule has 2 saturated heterocycles. The Kier molecular flexibility index (Phi) is 5.38. The number of amides is 1. The molecule has 0 N–H and O–H groups in total. The van der Waals surface area contributed by atoms with Crippen molar-refractivity contribution < 1.29 is 4.79 Å². The van der Waals surface area contributed by atoms with E-state index < -0.39 is 0 Å². The lowest BCUT2D eigenvalue weighted by atomic mass is 9.81. The molecule has 0 spiro atoms. The molecule has 3 fully saturated rings. The summed E-state index contributed by atoms with van der Waals surface area (Å²) in [5.41, 5.74) is 2.76. The summed E-state index contributed by atoms with van der Waals surface area (Å²) in [6, 6.07) is 9.22. The fourth-order valence-corrected chi connectivity index (χ4v) is 6.25. The number of rotatable bonds is 4. The van der Waals surface area contributed by atoms with Crippen LogP contribution in [0.15, 0.2) is 30.5 Å². The van der Waals surface area contributed by atoms with Crippen LogP contribution in [0.5, 0.6) is 0 Å². The van der Waals surface area contributed by atoms with Gasteiger partial charge in [0, 0.05) is 62.8 Å². The number of hydrogen-bond acceptors (Lipinski definition) is 2. The highest BCUT2D eigenvalue weighted by molar-refractivity contribution is 5.83. The van der Waals surface area contributed by atoms with Gasteiger partial charge in [-0.2, -0.15) is 0 Å². The van der Waals surface area contributed by atoms with E-state index in [0.717, 1.165) is 51.4 Å². The highest BCUT2D eigenvalue weighted by Crippen LogP contribution is 2.35. The monoisotopic (exact) mass is 393 g/mol.